The molecule has 186 valence electrons. The second-order valence-electron chi connectivity index (χ2n) is 7.45. The number of halogens is 1. The molecule has 1 aromatic heterocycles. The van der Waals surface area contributed by atoms with Crippen molar-refractivity contribution in [3.05, 3.63) is 72.3 Å². The lowest BCUT2D eigenvalue weighted by Crippen LogP contribution is -2.44. The van der Waals surface area contributed by atoms with Crippen LogP contribution in [0.5, 0.6) is 0 Å². The number of anilines is 3. The Morgan fingerprint density at radius 1 is 1.00 bits per heavy atom. The first-order chi connectivity index (χ1) is 16.4. The van der Waals surface area contributed by atoms with Crippen LogP contribution in [-0.2, 0) is 25.0 Å². The lowest BCUT2D eigenvalue weighted by molar-refractivity contribution is -0.114. The van der Waals surface area contributed by atoms with Crippen LogP contribution in [0.2, 0.25) is 0 Å². The molecule has 0 spiro atoms. The smallest absolute Gasteiger partial charge is 0.304 e. The Morgan fingerprint density at radius 2 is 1.66 bits per heavy atom. The molecule has 0 radical (unpaired) electrons. The highest BCUT2D eigenvalue weighted by molar-refractivity contribution is 7.92. The molecule has 1 heterocycles. The predicted molar refractivity (Wildman–Crippen MR) is 129 cm³/mol. The van der Waals surface area contributed by atoms with Crippen LogP contribution in [0, 0.1) is 12.7 Å². The molecule has 0 saturated carbocycles. The molecule has 3 rings (SSSR count). The molecule has 2 aromatic carbocycles. The minimum atomic E-state index is -4.19. The number of carbonyl (C=O) groups is 1. The first-order valence-electron chi connectivity index (χ1n) is 10.1. The second-order valence-corrected chi connectivity index (χ2v) is 11.2. The van der Waals surface area contributed by atoms with Gasteiger partial charge >= 0.3 is 10.2 Å². The summed E-state index contributed by atoms with van der Waals surface area (Å²) in [5.41, 5.74) is 0.496. The van der Waals surface area contributed by atoms with Crippen LogP contribution in [0.4, 0.5) is 21.7 Å². The Hall–Kier alpha value is -3.62. The normalized spacial score (nSPS) is 11.8. The van der Waals surface area contributed by atoms with Gasteiger partial charge in [-0.05, 0) is 49.4 Å². The van der Waals surface area contributed by atoms with Gasteiger partial charge in [0.25, 0.3) is 10.0 Å². The molecule has 0 aliphatic heterocycles. The topological polar surface area (TPSA) is 142 Å². The number of amides is 1. The van der Waals surface area contributed by atoms with Crippen molar-refractivity contribution < 1.29 is 26.0 Å². The minimum Gasteiger partial charge on any atom is -0.325 e. The van der Waals surface area contributed by atoms with Crippen LogP contribution in [-0.4, -0.2) is 57.7 Å². The van der Waals surface area contributed by atoms with Gasteiger partial charge in [-0.1, -0.05) is 12.1 Å². The largest absolute Gasteiger partial charge is 0.325 e. The molecule has 1 amide bonds. The van der Waals surface area contributed by atoms with E-state index in [0.717, 1.165) is 10.4 Å². The summed E-state index contributed by atoms with van der Waals surface area (Å²) < 4.78 is 68.6. The van der Waals surface area contributed by atoms with Gasteiger partial charge in [-0.15, -0.1) is 0 Å². The maximum Gasteiger partial charge on any atom is 0.304 e. The number of benzene rings is 2. The number of aryl methyl sites for hydroxylation is 1. The van der Waals surface area contributed by atoms with E-state index < -0.39 is 38.5 Å². The van der Waals surface area contributed by atoms with Gasteiger partial charge in [-0.25, -0.2) is 31.8 Å². The van der Waals surface area contributed by atoms with Gasteiger partial charge < -0.3 is 5.32 Å². The van der Waals surface area contributed by atoms with Crippen molar-refractivity contribution in [2.45, 2.75) is 11.8 Å². The van der Waals surface area contributed by atoms with Gasteiger partial charge in [0.05, 0.1) is 10.6 Å². The summed E-state index contributed by atoms with van der Waals surface area (Å²) >= 11 is 0. The van der Waals surface area contributed by atoms with Crippen LogP contribution in [0.1, 0.15) is 5.69 Å². The number of nitrogens with one attached hydrogen (secondary N) is 2. The van der Waals surface area contributed by atoms with E-state index in [-0.39, 0.29) is 22.2 Å². The van der Waals surface area contributed by atoms with Crippen molar-refractivity contribution in [2.24, 2.45) is 0 Å². The fourth-order valence-corrected chi connectivity index (χ4v) is 4.89. The quantitative estimate of drug-likeness (QED) is 0.438. The van der Waals surface area contributed by atoms with Crippen molar-refractivity contribution in [3.8, 4) is 0 Å². The number of aromatic nitrogens is 2. The summed E-state index contributed by atoms with van der Waals surface area (Å²) in [4.78, 5) is 20.4. The number of rotatable bonds is 9. The molecule has 14 heteroatoms. The highest BCUT2D eigenvalue weighted by Crippen LogP contribution is 2.23. The third-order valence-electron chi connectivity index (χ3n) is 4.62. The monoisotopic (exact) mass is 522 g/mol. The predicted octanol–water partition coefficient (Wildman–Crippen LogP) is 1.98. The lowest BCUT2D eigenvalue weighted by Gasteiger charge is -2.27. The van der Waals surface area contributed by atoms with Gasteiger partial charge in [0.1, 0.15) is 12.4 Å². The Balaban J connectivity index is 1.76. The zero-order valence-corrected chi connectivity index (χ0v) is 20.6. The maximum atomic E-state index is 14.3. The molecule has 11 nitrogen and oxygen atoms in total. The number of sulfonamides is 1. The number of hydrogen-bond acceptors (Lipinski definition) is 7. The highest BCUT2D eigenvalue weighted by Gasteiger charge is 2.29. The van der Waals surface area contributed by atoms with Gasteiger partial charge in [-0.2, -0.15) is 12.7 Å². The molecule has 0 aliphatic rings. The van der Waals surface area contributed by atoms with Crippen LogP contribution < -0.4 is 14.3 Å². The third-order valence-corrected chi connectivity index (χ3v) is 7.77. The van der Waals surface area contributed by atoms with Gasteiger partial charge in [0, 0.05) is 31.7 Å². The summed E-state index contributed by atoms with van der Waals surface area (Å²) in [5.74, 6) is -1.66. The van der Waals surface area contributed by atoms with Gasteiger partial charge in [0.2, 0.25) is 11.9 Å². The Labute approximate surface area is 202 Å². The first kappa shape index (κ1) is 26.0. The lowest BCUT2D eigenvalue weighted by atomic mass is 10.3. The Bertz CT molecular complexity index is 1430. The minimum absolute atomic E-state index is 0.0854. The van der Waals surface area contributed by atoms with E-state index in [9.17, 15) is 26.0 Å². The van der Waals surface area contributed by atoms with Crippen LogP contribution in [0.25, 0.3) is 0 Å². The molecule has 3 aromatic rings. The zero-order valence-electron chi connectivity index (χ0n) is 19.0. The van der Waals surface area contributed by atoms with E-state index >= 15 is 0 Å². The van der Waals surface area contributed by atoms with Crippen LogP contribution in [0.3, 0.4) is 0 Å². The molecule has 0 unspecified atom stereocenters. The highest BCUT2D eigenvalue weighted by atomic mass is 32.2. The fraction of sp³-hybridized carbons (Fsp3) is 0.190. The van der Waals surface area contributed by atoms with E-state index in [2.05, 4.69) is 20.0 Å². The van der Waals surface area contributed by atoms with Crippen molar-refractivity contribution in [1.29, 1.82) is 0 Å². The summed E-state index contributed by atoms with van der Waals surface area (Å²) in [6, 6.07) is 12.0. The molecule has 0 atom stereocenters. The van der Waals surface area contributed by atoms with Gasteiger partial charge in [0.15, 0.2) is 0 Å². The summed E-state index contributed by atoms with van der Waals surface area (Å²) in [7, 11) is -5.66. The number of para-hydroxylation sites is 1. The molecule has 0 fully saturated rings. The third kappa shape index (κ3) is 6.29. The van der Waals surface area contributed by atoms with E-state index in [1.165, 1.54) is 62.8 Å². The SMILES string of the molecule is Cc1ccnc(NS(=O)(=O)c2ccc(NC(=O)CN(c3ccccc3F)S(=O)(=O)N(C)C)cc2)n1. The summed E-state index contributed by atoms with van der Waals surface area (Å²) in [6.45, 7) is 0.974. The van der Waals surface area contributed by atoms with Crippen molar-refractivity contribution in [2.75, 3.05) is 35.0 Å². The first-order valence-corrected chi connectivity index (χ1v) is 13.0. The fourth-order valence-electron chi connectivity index (χ4n) is 2.87. The summed E-state index contributed by atoms with van der Waals surface area (Å²) in [6.07, 6.45) is 1.42. The van der Waals surface area contributed by atoms with Crippen molar-refractivity contribution in [1.82, 2.24) is 14.3 Å². The molecule has 2 N–H and O–H groups in total. The van der Waals surface area contributed by atoms with E-state index in [1.807, 2.05) is 0 Å². The number of hydrogen-bond donors (Lipinski definition) is 2. The van der Waals surface area contributed by atoms with E-state index in [4.69, 9.17) is 0 Å². The van der Waals surface area contributed by atoms with Crippen LogP contribution >= 0.6 is 0 Å². The van der Waals surface area contributed by atoms with Crippen molar-refractivity contribution in [3.63, 3.8) is 0 Å². The molecule has 0 saturated heterocycles. The molecule has 0 aliphatic carbocycles. The Kier molecular flexibility index (Phi) is 7.67. The molecule has 0 bridgehead atoms. The zero-order chi connectivity index (χ0) is 25.8. The van der Waals surface area contributed by atoms with E-state index in [1.54, 1.807) is 13.0 Å². The average Bonchev–Trinajstić information content (AvgIpc) is 2.78. The number of nitrogens with zero attached hydrogens (tertiary/aromatic N) is 4. The molecule has 35 heavy (non-hydrogen) atoms. The Morgan fingerprint density at radius 3 is 2.26 bits per heavy atom. The number of carbonyl (C=O) groups excluding carboxylic acids is 1. The standard InChI is InChI=1S/C21H23FN6O5S2/c1-15-12-13-23-21(24-15)26-34(30,31)17-10-8-16(9-11-17)25-20(29)14-28(35(32,33)27(2)3)19-7-5-4-6-18(19)22/h4-13H,14H2,1-3H3,(H,25,29)(H,23,24,26). The average molecular weight is 523 g/mol. The second kappa shape index (κ2) is 10.3. The van der Waals surface area contributed by atoms with Gasteiger partial charge in [-0.3, -0.25) is 4.79 Å². The van der Waals surface area contributed by atoms with E-state index in [0.29, 0.717) is 10.00 Å². The van der Waals surface area contributed by atoms with Crippen LogP contribution in [0.15, 0.2) is 65.7 Å². The summed E-state index contributed by atoms with van der Waals surface area (Å²) in [5, 5.41) is 2.48. The molecular formula is C21H23FN6O5S2. The maximum absolute atomic E-state index is 14.3. The van der Waals surface area contributed by atoms with Crippen molar-refractivity contribution >= 4 is 43.5 Å². The molecular weight excluding hydrogens is 499 g/mol.